The lowest BCUT2D eigenvalue weighted by Gasteiger charge is -2.08. The molecule has 74 valence electrons. The van der Waals surface area contributed by atoms with E-state index in [1.807, 2.05) is 0 Å². The third kappa shape index (κ3) is 2.45. The summed E-state index contributed by atoms with van der Waals surface area (Å²) in [5, 5.41) is 12.1. The van der Waals surface area contributed by atoms with E-state index in [0.717, 1.165) is 0 Å². The molecule has 1 N–H and O–H groups in total. The molecule has 4 nitrogen and oxygen atoms in total. The molecule has 1 aromatic carbocycles. The van der Waals surface area contributed by atoms with Gasteiger partial charge in [-0.3, -0.25) is 0 Å². The van der Waals surface area contributed by atoms with E-state index in [1.165, 1.54) is 12.1 Å². The molecule has 0 aromatic heterocycles. The van der Waals surface area contributed by atoms with Gasteiger partial charge in [-0.05, 0) is 23.2 Å². The van der Waals surface area contributed by atoms with Crippen molar-refractivity contribution < 1.29 is 9.50 Å². The molecule has 0 spiro atoms. The summed E-state index contributed by atoms with van der Waals surface area (Å²) in [6, 6.07) is 3.47. The Labute approximate surface area is 88.1 Å². The Kier molecular flexibility index (Phi) is 3.88. The van der Waals surface area contributed by atoms with Crippen LogP contribution >= 0.6 is 15.9 Å². The summed E-state index contributed by atoms with van der Waals surface area (Å²) in [5.41, 5.74) is 8.38. The second-order valence-corrected chi connectivity index (χ2v) is 3.48. The van der Waals surface area contributed by atoms with Crippen molar-refractivity contribution in [1.82, 2.24) is 0 Å². The van der Waals surface area contributed by atoms with Crippen LogP contribution < -0.4 is 0 Å². The van der Waals surface area contributed by atoms with Gasteiger partial charge in [-0.25, -0.2) is 4.39 Å². The first-order chi connectivity index (χ1) is 6.69. The van der Waals surface area contributed by atoms with Gasteiger partial charge in [0.1, 0.15) is 5.82 Å². The highest BCUT2D eigenvalue weighted by atomic mass is 79.9. The number of benzene rings is 1. The molecule has 0 radical (unpaired) electrons. The lowest BCUT2D eigenvalue weighted by Crippen LogP contribution is -2.02. The minimum atomic E-state index is -0.868. The fourth-order valence-corrected chi connectivity index (χ4v) is 1.36. The monoisotopic (exact) mass is 259 g/mol. The van der Waals surface area contributed by atoms with Crippen LogP contribution in [0.2, 0.25) is 0 Å². The van der Waals surface area contributed by atoms with Crippen LogP contribution in [0.3, 0.4) is 0 Å². The van der Waals surface area contributed by atoms with Crippen molar-refractivity contribution in [3.8, 4) is 0 Å². The maximum atomic E-state index is 13.3. The largest absolute Gasteiger partial charge is 0.396 e. The van der Waals surface area contributed by atoms with Crippen molar-refractivity contribution in [3.63, 3.8) is 0 Å². The van der Waals surface area contributed by atoms with Gasteiger partial charge in [0, 0.05) is 9.38 Å². The Morgan fingerprint density at radius 3 is 2.86 bits per heavy atom. The van der Waals surface area contributed by atoms with Crippen LogP contribution in [0.5, 0.6) is 0 Å². The summed E-state index contributed by atoms with van der Waals surface area (Å²) in [7, 11) is 0. The fraction of sp³-hybridized carbons (Fsp3) is 0.250. The molecule has 0 heterocycles. The topological polar surface area (TPSA) is 69.0 Å². The third-order valence-corrected chi connectivity index (χ3v) is 2.18. The first-order valence-electron chi connectivity index (χ1n) is 3.79. The van der Waals surface area contributed by atoms with Gasteiger partial charge in [-0.1, -0.05) is 27.1 Å². The van der Waals surface area contributed by atoms with Crippen molar-refractivity contribution in [2.24, 2.45) is 5.11 Å². The van der Waals surface area contributed by atoms with Crippen LogP contribution in [-0.2, 0) is 0 Å². The molecule has 1 rings (SSSR count). The molecule has 1 aromatic rings. The molecule has 0 aliphatic rings. The summed E-state index contributed by atoms with van der Waals surface area (Å²) < 4.78 is 13.9. The standard InChI is InChI=1S/C8H7BrFN3O/c9-5-1-2-6(7(10)3-5)8(4-14)12-13-11/h1-3,8,14H,4H2. The zero-order valence-corrected chi connectivity index (χ0v) is 8.65. The number of nitrogens with zero attached hydrogens (tertiary/aromatic N) is 3. The maximum Gasteiger partial charge on any atom is 0.128 e. The average molecular weight is 260 g/mol. The zero-order valence-electron chi connectivity index (χ0n) is 7.06. The Morgan fingerprint density at radius 1 is 1.64 bits per heavy atom. The summed E-state index contributed by atoms with van der Waals surface area (Å²) >= 11 is 3.10. The Hall–Kier alpha value is -1.10. The van der Waals surface area contributed by atoms with E-state index >= 15 is 0 Å². The first-order valence-corrected chi connectivity index (χ1v) is 4.58. The number of hydrogen-bond acceptors (Lipinski definition) is 2. The van der Waals surface area contributed by atoms with Gasteiger partial charge < -0.3 is 5.11 Å². The Morgan fingerprint density at radius 2 is 2.36 bits per heavy atom. The van der Waals surface area contributed by atoms with E-state index in [9.17, 15) is 4.39 Å². The number of halogens is 2. The maximum absolute atomic E-state index is 13.3. The molecular formula is C8H7BrFN3O. The fourth-order valence-electron chi connectivity index (χ4n) is 1.03. The quantitative estimate of drug-likeness (QED) is 0.506. The van der Waals surface area contributed by atoms with Crippen LogP contribution in [0.1, 0.15) is 11.6 Å². The minimum absolute atomic E-state index is 0.188. The molecular weight excluding hydrogens is 253 g/mol. The lowest BCUT2D eigenvalue weighted by molar-refractivity contribution is 0.265. The van der Waals surface area contributed by atoms with Crippen molar-refractivity contribution >= 4 is 15.9 Å². The van der Waals surface area contributed by atoms with Gasteiger partial charge >= 0.3 is 0 Å². The second kappa shape index (κ2) is 4.95. The van der Waals surface area contributed by atoms with Gasteiger partial charge in [-0.15, -0.1) is 0 Å². The predicted molar refractivity (Wildman–Crippen MR) is 53.1 cm³/mol. The summed E-state index contributed by atoms with van der Waals surface area (Å²) in [6.45, 7) is -0.414. The van der Waals surface area contributed by atoms with Crippen LogP contribution in [0.4, 0.5) is 4.39 Å². The van der Waals surface area contributed by atoms with E-state index in [0.29, 0.717) is 4.47 Å². The summed E-state index contributed by atoms with van der Waals surface area (Å²) in [5.74, 6) is -0.508. The van der Waals surface area contributed by atoms with Crippen LogP contribution in [0.25, 0.3) is 10.4 Å². The van der Waals surface area contributed by atoms with Crippen LogP contribution in [0, 0.1) is 5.82 Å². The van der Waals surface area contributed by atoms with Crippen molar-refractivity contribution in [1.29, 1.82) is 0 Å². The number of azide groups is 1. The predicted octanol–water partition coefficient (Wildman–Crippen LogP) is 2.93. The number of aliphatic hydroxyl groups is 1. The minimum Gasteiger partial charge on any atom is -0.396 e. The molecule has 0 aliphatic heterocycles. The molecule has 14 heavy (non-hydrogen) atoms. The Bertz CT molecular complexity index is 379. The third-order valence-electron chi connectivity index (χ3n) is 1.69. The number of aliphatic hydroxyl groups excluding tert-OH is 1. The molecule has 1 atom stereocenters. The Balaban J connectivity index is 3.10. The van der Waals surface area contributed by atoms with E-state index in [-0.39, 0.29) is 5.56 Å². The molecule has 6 heteroatoms. The zero-order chi connectivity index (χ0) is 10.6. The first kappa shape index (κ1) is 11.0. The molecule has 0 aliphatic carbocycles. The molecule has 0 saturated heterocycles. The second-order valence-electron chi connectivity index (χ2n) is 2.57. The van der Waals surface area contributed by atoms with Crippen LogP contribution in [-0.4, -0.2) is 11.7 Å². The normalized spacial score (nSPS) is 11.9. The summed E-state index contributed by atoms with van der Waals surface area (Å²) in [4.78, 5) is 2.53. The molecule has 1 unspecified atom stereocenters. The SMILES string of the molecule is [N-]=[N+]=NC(CO)c1ccc(Br)cc1F. The van der Waals surface area contributed by atoms with Gasteiger partial charge in [0.15, 0.2) is 0 Å². The average Bonchev–Trinajstić information content (AvgIpc) is 2.15. The summed E-state index contributed by atoms with van der Waals surface area (Å²) in [6.07, 6.45) is 0. The number of hydrogen-bond donors (Lipinski definition) is 1. The van der Waals surface area contributed by atoms with E-state index in [4.69, 9.17) is 10.6 Å². The van der Waals surface area contributed by atoms with Crippen molar-refractivity contribution in [2.75, 3.05) is 6.61 Å². The lowest BCUT2D eigenvalue weighted by atomic mass is 10.1. The van der Waals surface area contributed by atoms with Gasteiger partial charge in [0.25, 0.3) is 0 Å². The van der Waals surface area contributed by atoms with Gasteiger partial charge in [0.05, 0.1) is 12.6 Å². The smallest absolute Gasteiger partial charge is 0.128 e. The molecule has 0 fully saturated rings. The molecule has 0 saturated carbocycles. The highest BCUT2D eigenvalue weighted by Gasteiger charge is 2.12. The van der Waals surface area contributed by atoms with E-state index in [1.54, 1.807) is 6.07 Å². The van der Waals surface area contributed by atoms with E-state index in [2.05, 4.69) is 26.0 Å². The molecule has 0 amide bonds. The van der Waals surface area contributed by atoms with Crippen molar-refractivity contribution in [3.05, 3.63) is 44.5 Å². The highest BCUT2D eigenvalue weighted by molar-refractivity contribution is 9.10. The van der Waals surface area contributed by atoms with Gasteiger partial charge in [-0.2, -0.15) is 0 Å². The number of rotatable bonds is 3. The van der Waals surface area contributed by atoms with Crippen molar-refractivity contribution in [2.45, 2.75) is 6.04 Å². The van der Waals surface area contributed by atoms with Gasteiger partial charge in [0.2, 0.25) is 0 Å². The van der Waals surface area contributed by atoms with Crippen LogP contribution in [0.15, 0.2) is 27.8 Å². The molecule has 0 bridgehead atoms. The highest BCUT2D eigenvalue weighted by Crippen LogP contribution is 2.23. The van der Waals surface area contributed by atoms with E-state index < -0.39 is 18.5 Å².